The molecule has 1 saturated carbocycles. The Morgan fingerprint density at radius 3 is 2.60 bits per heavy atom. The number of aryl methyl sites for hydroxylation is 2. The molecule has 6 heteroatoms. The number of amides is 1. The molecular formula is C19H22F2N2OS. The molecule has 0 N–H and O–H groups in total. The van der Waals surface area contributed by atoms with Gasteiger partial charge in [-0.15, -0.1) is 11.3 Å². The Morgan fingerprint density at radius 1 is 1.28 bits per heavy atom. The van der Waals surface area contributed by atoms with E-state index in [1.54, 1.807) is 17.3 Å². The van der Waals surface area contributed by atoms with Crippen LogP contribution in [0.1, 0.15) is 47.3 Å². The van der Waals surface area contributed by atoms with Crippen LogP contribution in [0.3, 0.4) is 0 Å². The van der Waals surface area contributed by atoms with Gasteiger partial charge < -0.3 is 4.90 Å². The van der Waals surface area contributed by atoms with Crippen LogP contribution in [-0.2, 0) is 0 Å². The minimum absolute atomic E-state index is 0.140. The third-order valence-corrected chi connectivity index (χ3v) is 5.77. The topological polar surface area (TPSA) is 33.2 Å². The molecule has 0 atom stereocenters. The zero-order valence-electron chi connectivity index (χ0n) is 14.7. The number of aromatic nitrogens is 1. The molecule has 1 aromatic heterocycles. The number of thiazole rings is 1. The van der Waals surface area contributed by atoms with Crippen molar-refractivity contribution in [2.24, 2.45) is 0 Å². The van der Waals surface area contributed by atoms with Gasteiger partial charge >= 0.3 is 0 Å². The SMILES string of the molecule is Cc1ccc(-c2nc(C(=O)N(C)C3CCC(F)(F)CC3)cs2)c(C)c1. The minimum Gasteiger partial charge on any atom is -0.337 e. The Labute approximate surface area is 150 Å². The molecule has 134 valence electrons. The van der Waals surface area contributed by atoms with Crippen molar-refractivity contribution in [1.82, 2.24) is 9.88 Å². The molecule has 0 aliphatic heterocycles. The molecule has 25 heavy (non-hydrogen) atoms. The molecular weight excluding hydrogens is 342 g/mol. The molecule has 3 nitrogen and oxygen atoms in total. The summed E-state index contributed by atoms with van der Waals surface area (Å²) >= 11 is 1.44. The van der Waals surface area contributed by atoms with Gasteiger partial charge in [-0.25, -0.2) is 13.8 Å². The average Bonchev–Trinajstić information content (AvgIpc) is 3.03. The number of rotatable bonds is 3. The quantitative estimate of drug-likeness (QED) is 0.761. The monoisotopic (exact) mass is 364 g/mol. The third-order valence-electron chi connectivity index (χ3n) is 4.89. The molecule has 0 radical (unpaired) electrons. The van der Waals surface area contributed by atoms with Gasteiger partial charge in [-0.05, 0) is 32.3 Å². The Morgan fingerprint density at radius 2 is 1.96 bits per heavy atom. The fourth-order valence-electron chi connectivity index (χ4n) is 3.31. The predicted octanol–water partition coefficient (Wildman–Crippen LogP) is 5.08. The van der Waals surface area contributed by atoms with Gasteiger partial charge in [-0.3, -0.25) is 4.79 Å². The average molecular weight is 364 g/mol. The standard InChI is InChI=1S/C19H22F2N2OS/c1-12-4-5-15(13(2)10-12)17-22-16(11-25-17)18(24)23(3)14-6-8-19(20,21)9-7-14/h4-5,10-11,14H,6-9H2,1-3H3. The lowest BCUT2D eigenvalue weighted by molar-refractivity contribution is -0.0490. The molecule has 1 aliphatic carbocycles. The largest absolute Gasteiger partial charge is 0.337 e. The summed E-state index contributed by atoms with van der Waals surface area (Å²) in [5.74, 6) is -2.78. The summed E-state index contributed by atoms with van der Waals surface area (Å²) in [7, 11) is 1.69. The highest BCUT2D eigenvalue weighted by molar-refractivity contribution is 7.13. The number of hydrogen-bond donors (Lipinski definition) is 0. The van der Waals surface area contributed by atoms with Gasteiger partial charge in [0.2, 0.25) is 5.92 Å². The molecule has 0 spiro atoms. The highest BCUT2D eigenvalue weighted by Crippen LogP contribution is 2.35. The highest BCUT2D eigenvalue weighted by atomic mass is 32.1. The molecule has 1 fully saturated rings. The van der Waals surface area contributed by atoms with Gasteiger partial charge in [0, 0.05) is 36.9 Å². The van der Waals surface area contributed by atoms with E-state index in [2.05, 4.69) is 11.1 Å². The molecule has 2 aromatic rings. The number of carbonyl (C=O) groups excluding carboxylic acids is 1. The lowest BCUT2D eigenvalue weighted by Crippen LogP contribution is -2.41. The van der Waals surface area contributed by atoms with Crippen molar-refractivity contribution in [3.63, 3.8) is 0 Å². The number of nitrogens with zero attached hydrogens (tertiary/aromatic N) is 2. The van der Waals surface area contributed by atoms with E-state index in [1.165, 1.54) is 16.9 Å². The maximum atomic E-state index is 13.3. The zero-order valence-corrected chi connectivity index (χ0v) is 15.5. The zero-order chi connectivity index (χ0) is 18.2. The number of alkyl halides is 2. The minimum atomic E-state index is -2.59. The van der Waals surface area contributed by atoms with Gasteiger partial charge in [-0.2, -0.15) is 0 Å². The fourth-order valence-corrected chi connectivity index (χ4v) is 4.19. The van der Waals surface area contributed by atoms with E-state index in [4.69, 9.17) is 0 Å². The summed E-state index contributed by atoms with van der Waals surface area (Å²) in [5, 5.41) is 2.56. The summed E-state index contributed by atoms with van der Waals surface area (Å²) < 4.78 is 26.6. The first-order valence-corrected chi connectivity index (χ1v) is 9.33. The smallest absolute Gasteiger partial charge is 0.273 e. The normalized spacial score (nSPS) is 17.5. The number of carbonyl (C=O) groups is 1. The summed E-state index contributed by atoms with van der Waals surface area (Å²) in [6, 6.07) is 6.00. The summed E-state index contributed by atoms with van der Waals surface area (Å²) in [6.07, 6.45) is 0.368. The second-order valence-corrected chi connectivity index (χ2v) is 7.72. The van der Waals surface area contributed by atoms with Crippen LogP contribution in [0.2, 0.25) is 0 Å². The van der Waals surface area contributed by atoms with Gasteiger partial charge in [0.15, 0.2) is 0 Å². The first-order valence-electron chi connectivity index (χ1n) is 8.45. The van der Waals surface area contributed by atoms with Crippen LogP contribution < -0.4 is 0 Å². The van der Waals surface area contributed by atoms with Crippen molar-refractivity contribution in [3.05, 3.63) is 40.4 Å². The lowest BCUT2D eigenvalue weighted by atomic mass is 9.91. The second-order valence-electron chi connectivity index (χ2n) is 6.86. The molecule has 0 saturated heterocycles. The van der Waals surface area contributed by atoms with Crippen LogP contribution >= 0.6 is 11.3 Å². The maximum Gasteiger partial charge on any atom is 0.273 e. The van der Waals surface area contributed by atoms with Crippen molar-refractivity contribution in [3.8, 4) is 10.6 Å². The molecule has 1 amide bonds. The molecule has 1 heterocycles. The first-order chi connectivity index (χ1) is 11.8. The van der Waals surface area contributed by atoms with E-state index in [-0.39, 0.29) is 24.8 Å². The van der Waals surface area contributed by atoms with Gasteiger partial charge in [0.25, 0.3) is 5.91 Å². The van der Waals surface area contributed by atoms with Crippen LogP contribution in [0.15, 0.2) is 23.6 Å². The Bertz CT molecular complexity index is 777. The Balaban J connectivity index is 1.74. The molecule has 0 bridgehead atoms. The Kier molecular flexibility index (Phi) is 4.91. The van der Waals surface area contributed by atoms with Crippen LogP contribution in [0.25, 0.3) is 10.6 Å². The maximum absolute atomic E-state index is 13.3. The molecule has 3 rings (SSSR count). The van der Waals surface area contributed by atoms with Crippen molar-refractivity contribution in [2.75, 3.05) is 7.05 Å². The summed E-state index contributed by atoms with van der Waals surface area (Å²) in [4.78, 5) is 18.7. The lowest BCUT2D eigenvalue weighted by Gasteiger charge is -2.34. The van der Waals surface area contributed by atoms with Crippen molar-refractivity contribution in [2.45, 2.75) is 51.5 Å². The van der Waals surface area contributed by atoms with Crippen molar-refractivity contribution < 1.29 is 13.6 Å². The number of hydrogen-bond acceptors (Lipinski definition) is 3. The fraction of sp³-hybridized carbons (Fsp3) is 0.474. The van der Waals surface area contributed by atoms with Crippen LogP contribution in [0.4, 0.5) is 8.78 Å². The van der Waals surface area contributed by atoms with E-state index in [0.717, 1.165) is 16.1 Å². The van der Waals surface area contributed by atoms with E-state index < -0.39 is 5.92 Å². The summed E-state index contributed by atoms with van der Waals surface area (Å²) in [6.45, 7) is 4.07. The predicted molar refractivity (Wildman–Crippen MR) is 96.3 cm³/mol. The van der Waals surface area contributed by atoms with E-state index >= 15 is 0 Å². The molecule has 1 aromatic carbocycles. The van der Waals surface area contributed by atoms with Crippen molar-refractivity contribution in [1.29, 1.82) is 0 Å². The van der Waals surface area contributed by atoms with E-state index in [9.17, 15) is 13.6 Å². The van der Waals surface area contributed by atoms with E-state index in [0.29, 0.717) is 18.5 Å². The summed E-state index contributed by atoms with van der Waals surface area (Å²) in [5.41, 5.74) is 3.72. The van der Waals surface area contributed by atoms with Crippen LogP contribution in [-0.4, -0.2) is 34.8 Å². The number of benzene rings is 1. The van der Waals surface area contributed by atoms with Gasteiger partial charge in [-0.1, -0.05) is 23.8 Å². The number of halogens is 2. The molecule has 1 aliphatic rings. The molecule has 0 unspecified atom stereocenters. The highest BCUT2D eigenvalue weighted by Gasteiger charge is 2.37. The second kappa shape index (κ2) is 6.83. The Hall–Kier alpha value is -1.82. The van der Waals surface area contributed by atoms with E-state index in [1.807, 2.05) is 26.0 Å². The van der Waals surface area contributed by atoms with Crippen molar-refractivity contribution >= 4 is 17.2 Å². The first kappa shape index (κ1) is 18.0. The third kappa shape index (κ3) is 3.89. The van der Waals surface area contributed by atoms with Crippen LogP contribution in [0, 0.1) is 13.8 Å². The van der Waals surface area contributed by atoms with Gasteiger partial charge in [0.1, 0.15) is 10.7 Å². The van der Waals surface area contributed by atoms with Crippen LogP contribution in [0.5, 0.6) is 0 Å². The van der Waals surface area contributed by atoms with Gasteiger partial charge in [0.05, 0.1) is 0 Å².